The Bertz CT molecular complexity index is 1050. The molecular formula is C24H27ClN2O5S. The highest BCUT2D eigenvalue weighted by Gasteiger charge is 2.28. The van der Waals surface area contributed by atoms with Crippen molar-refractivity contribution in [2.24, 2.45) is 0 Å². The molecule has 2 atom stereocenters. The van der Waals surface area contributed by atoms with Crippen LogP contribution in [0.15, 0.2) is 36.4 Å². The third-order valence-electron chi connectivity index (χ3n) is 5.28. The molecule has 3 rings (SSSR count). The van der Waals surface area contributed by atoms with Gasteiger partial charge in [0.25, 0.3) is 0 Å². The van der Waals surface area contributed by atoms with Gasteiger partial charge in [-0.2, -0.15) is 11.8 Å². The lowest BCUT2D eigenvalue weighted by Gasteiger charge is -2.19. The summed E-state index contributed by atoms with van der Waals surface area (Å²) in [5, 5.41) is 6.05. The molecule has 2 N–H and O–H groups in total. The summed E-state index contributed by atoms with van der Waals surface area (Å²) in [5.41, 5.74) is 3.09. The Morgan fingerprint density at radius 2 is 2.03 bits per heavy atom. The quantitative estimate of drug-likeness (QED) is 0.523. The monoisotopic (exact) mass is 490 g/mol. The molecule has 0 aromatic heterocycles. The average Bonchev–Trinajstić information content (AvgIpc) is 3.23. The third kappa shape index (κ3) is 6.42. The van der Waals surface area contributed by atoms with Crippen LogP contribution in [0.5, 0.6) is 5.75 Å². The van der Waals surface area contributed by atoms with Crippen molar-refractivity contribution in [1.29, 1.82) is 0 Å². The van der Waals surface area contributed by atoms with Gasteiger partial charge in [-0.05, 0) is 53.8 Å². The zero-order valence-corrected chi connectivity index (χ0v) is 20.3. The molecule has 0 fully saturated rings. The van der Waals surface area contributed by atoms with Crippen LogP contribution in [0.4, 0.5) is 0 Å². The minimum Gasteiger partial charge on any atom is -0.486 e. The maximum absolute atomic E-state index is 12.6. The first-order chi connectivity index (χ1) is 15.8. The van der Waals surface area contributed by atoms with Crippen LogP contribution in [-0.2, 0) is 20.7 Å². The second-order valence-electron chi connectivity index (χ2n) is 7.74. The predicted octanol–water partition coefficient (Wildman–Crippen LogP) is 3.47. The summed E-state index contributed by atoms with van der Waals surface area (Å²) in [6.45, 7) is 1.70. The number of carbonyl (C=O) groups is 3. The highest BCUT2D eigenvalue weighted by molar-refractivity contribution is 7.98. The summed E-state index contributed by atoms with van der Waals surface area (Å²) in [5.74, 6) is 0.490. The molecule has 1 heterocycles. The van der Waals surface area contributed by atoms with E-state index in [2.05, 4.69) is 10.6 Å². The van der Waals surface area contributed by atoms with Crippen LogP contribution in [0.3, 0.4) is 0 Å². The van der Waals surface area contributed by atoms with Crippen LogP contribution in [0.25, 0.3) is 11.1 Å². The number of methoxy groups -OCH3 is 1. The zero-order valence-electron chi connectivity index (χ0n) is 18.8. The Labute approximate surface area is 202 Å². The molecule has 0 radical (unpaired) electrons. The lowest BCUT2D eigenvalue weighted by molar-refractivity contribution is -0.128. The van der Waals surface area contributed by atoms with Gasteiger partial charge in [0.2, 0.25) is 11.8 Å². The molecule has 0 saturated heterocycles. The number of amides is 2. The van der Waals surface area contributed by atoms with E-state index in [0.717, 1.165) is 22.4 Å². The Hall–Kier alpha value is -2.71. The largest absolute Gasteiger partial charge is 0.486 e. The molecule has 7 nitrogen and oxygen atoms in total. The van der Waals surface area contributed by atoms with E-state index in [1.54, 1.807) is 36.0 Å². The zero-order chi connectivity index (χ0) is 24.0. The number of fused-ring (bicyclic) bond motifs is 1. The van der Waals surface area contributed by atoms with Crippen molar-refractivity contribution in [2.45, 2.75) is 31.9 Å². The molecule has 0 spiro atoms. The van der Waals surface area contributed by atoms with E-state index < -0.39 is 12.0 Å². The smallest absolute Gasteiger partial charge is 0.337 e. The predicted molar refractivity (Wildman–Crippen MR) is 130 cm³/mol. The number of rotatable bonds is 9. The fraction of sp³-hybridized carbons (Fsp3) is 0.375. The van der Waals surface area contributed by atoms with Crippen molar-refractivity contribution in [1.82, 2.24) is 10.6 Å². The van der Waals surface area contributed by atoms with Crippen molar-refractivity contribution in [3.63, 3.8) is 0 Å². The van der Waals surface area contributed by atoms with Gasteiger partial charge in [0.05, 0.1) is 24.2 Å². The molecule has 0 bridgehead atoms. The minimum atomic E-state index is -0.573. The van der Waals surface area contributed by atoms with Gasteiger partial charge in [0, 0.05) is 18.9 Å². The Balaban J connectivity index is 1.68. The van der Waals surface area contributed by atoms with E-state index in [1.165, 1.54) is 14.0 Å². The molecule has 2 aromatic carbocycles. The summed E-state index contributed by atoms with van der Waals surface area (Å²) >= 11 is 8.11. The van der Waals surface area contributed by atoms with E-state index in [1.807, 2.05) is 18.4 Å². The molecule has 1 unspecified atom stereocenters. The number of halogens is 1. The SMILES string of the molecule is COC(=O)c1cccc(-c2cc(Cl)c3c(c2)CC(CNC(=O)[C@H](CCSC)NC(C)=O)O3)c1. The van der Waals surface area contributed by atoms with Crippen LogP contribution in [0, 0.1) is 0 Å². The standard InChI is InChI=1S/C24H27ClN2O5S/c1-14(28)27-21(7-8-33-3)23(29)26-13-19-11-18-10-17(12-20(25)22(18)32-19)15-5-4-6-16(9-15)24(30)31-2/h4-6,9-10,12,19,21H,7-8,11,13H2,1-3H3,(H,26,29)(H,27,28)/t19?,21-/m0/s1. The summed E-state index contributed by atoms with van der Waals surface area (Å²) in [7, 11) is 1.35. The molecule has 1 aliphatic heterocycles. The maximum Gasteiger partial charge on any atom is 0.337 e. The molecule has 1 aliphatic rings. The van der Waals surface area contributed by atoms with Gasteiger partial charge < -0.3 is 20.1 Å². The number of hydrogen-bond acceptors (Lipinski definition) is 6. The number of benzene rings is 2. The molecule has 2 aromatic rings. The van der Waals surface area contributed by atoms with Crippen LogP contribution in [0.1, 0.15) is 29.3 Å². The number of ether oxygens (including phenoxy) is 2. The van der Waals surface area contributed by atoms with E-state index >= 15 is 0 Å². The van der Waals surface area contributed by atoms with Crippen molar-refractivity contribution >= 4 is 41.1 Å². The van der Waals surface area contributed by atoms with E-state index in [9.17, 15) is 14.4 Å². The van der Waals surface area contributed by atoms with Crippen LogP contribution < -0.4 is 15.4 Å². The molecule has 2 amide bonds. The first kappa shape index (κ1) is 24.9. The number of carbonyl (C=O) groups excluding carboxylic acids is 3. The van der Waals surface area contributed by atoms with Gasteiger partial charge >= 0.3 is 5.97 Å². The molecular weight excluding hydrogens is 464 g/mol. The third-order valence-corrected chi connectivity index (χ3v) is 6.20. The van der Waals surface area contributed by atoms with Gasteiger partial charge in [0.1, 0.15) is 17.9 Å². The van der Waals surface area contributed by atoms with Gasteiger partial charge in [0.15, 0.2) is 0 Å². The number of hydrogen-bond donors (Lipinski definition) is 2. The molecule has 9 heteroatoms. The highest BCUT2D eigenvalue weighted by Crippen LogP contribution is 2.39. The van der Waals surface area contributed by atoms with Crippen LogP contribution in [0.2, 0.25) is 5.02 Å². The Morgan fingerprint density at radius 3 is 2.73 bits per heavy atom. The fourth-order valence-corrected chi connectivity index (χ4v) is 4.45. The van der Waals surface area contributed by atoms with Crippen LogP contribution in [-0.4, -0.2) is 55.6 Å². The summed E-state index contributed by atoms with van der Waals surface area (Å²) < 4.78 is 10.8. The highest BCUT2D eigenvalue weighted by atomic mass is 35.5. The number of esters is 1. The summed E-state index contributed by atoms with van der Waals surface area (Å²) in [6, 6.07) is 10.4. The first-order valence-electron chi connectivity index (χ1n) is 10.5. The number of nitrogens with one attached hydrogen (secondary N) is 2. The van der Waals surface area contributed by atoms with Gasteiger partial charge in [-0.3, -0.25) is 9.59 Å². The Morgan fingerprint density at radius 1 is 1.24 bits per heavy atom. The Kier molecular flexibility index (Phi) is 8.63. The minimum absolute atomic E-state index is 0.231. The number of thioether (sulfide) groups is 1. The van der Waals surface area contributed by atoms with Gasteiger partial charge in [-0.1, -0.05) is 23.7 Å². The maximum atomic E-state index is 12.6. The van der Waals surface area contributed by atoms with Crippen molar-refractivity contribution in [3.05, 3.63) is 52.5 Å². The van der Waals surface area contributed by atoms with E-state index in [0.29, 0.717) is 35.7 Å². The van der Waals surface area contributed by atoms with E-state index in [4.69, 9.17) is 21.1 Å². The summed E-state index contributed by atoms with van der Waals surface area (Å²) in [4.78, 5) is 35.9. The van der Waals surface area contributed by atoms with Crippen LogP contribution >= 0.6 is 23.4 Å². The first-order valence-corrected chi connectivity index (χ1v) is 12.3. The van der Waals surface area contributed by atoms with Gasteiger partial charge in [-0.15, -0.1) is 0 Å². The van der Waals surface area contributed by atoms with Crippen molar-refractivity contribution in [3.8, 4) is 16.9 Å². The molecule has 0 saturated carbocycles. The fourth-order valence-electron chi connectivity index (χ4n) is 3.70. The lowest BCUT2D eigenvalue weighted by atomic mass is 9.99. The normalized spacial score (nSPS) is 15.2. The van der Waals surface area contributed by atoms with E-state index in [-0.39, 0.29) is 17.9 Å². The molecule has 33 heavy (non-hydrogen) atoms. The van der Waals surface area contributed by atoms with Crippen molar-refractivity contribution < 1.29 is 23.9 Å². The van der Waals surface area contributed by atoms with Crippen molar-refractivity contribution in [2.75, 3.05) is 25.7 Å². The van der Waals surface area contributed by atoms with Gasteiger partial charge in [-0.25, -0.2) is 4.79 Å². The molecule has 176 valence electrons. The lowest BCUT2D eigenvalue weighted by Crippen LogP contribution is -2.48. The summed E-state index contributed by atoms with van der Waals surface area (Å²) in [6.07, 6.45) is 2.82. The average molecular weight is 491 g/mol. The molecule has 0 aliphatic carbocycles. The topological polar surface area (TPSA) is 93.7 Å². The second-order valence-corrected chi connectivity index (χ2v) is 9.14. The second kappa shape index (κ2) is 11.4.